The Morgan fingerprint density at radius 2 is 2.00 bits per heavy atom. The predicted octanol–water partition coefficient (Wildman–Crippen LogP) is 3.96. The van der Waals surface area contributed by atoms with Crippen molar-refractivity contribution >= 4 is 16.7 Å². The van der Waals surface area contributed by atoms with Gasteiger partial charge in [-0.15, -0.1) is 0 Å². The predicted molar refractivity (Wildman–Crippen MR) is 86.9 cm³/mol. The fourth-order valence-corrected chi connectivity index (χ4v) is 3.31. The number of phenols is 1. The van der Waals surface area contributed by atoms with Gasteiger partial charge in [0.05, 0.1) is 6.04 Å². The fourth-order valence-electron chi connectivity index (χ4n) is 3.31. The fraction of sp³-hybridized carbons (Fsp3) is 0.222. The molecule has 2 N–H and O–H groups in total. The molecule has 1 aliphatic carbocycles. The van der Waals surface area contributed by atoms with E-state index >= 15 is 0 Å². The van der Waals surface area contributed by atoms with Crippen LogP contribution >= 0.6 is 0 Å². The van der Waals surface area contributed by atoms with E-state index in [-0.39, 0.29) is 11.9 Å². The summed E-state index contributed by atoms with van der Waals surface area (Å²) in [7, 11) is 0. The van der Waals surface area contributed by atoms with Crippen LogP contribution in [0.1, 0.15) is 30.0 Å². The molecule has 1 heterocycles. The highest BCUT2D eigenvalue weighted by atomic mass is 19.1. The number of anilines is 1. The second kappa shape index (κ2) is 5.50. The molecule has 4 rings (SSSR count). The summed E-state index contributed by atoms with van der Waals surface area (Å²) in [5.41, 5.74) is 2.39. The van der Waals surface area contributed by atoms with E-state index in [2.05, 4.69) is 15.3 Å². The molecule has 5 heteroatoms. The molecule has 0 saturated heterocycles. The van der Waals surface area contributed by atoms with E-state index in [1.54, 1.807) is 12.1 Å². The van der Waals surface area contributed by atoms with E-state index in [1.165, 1.54) is 12.4 Å². The first-order valence-electron chi connectivity index (χ1n) is 7.70. The van der Waals surface area contributed by atoms with Crippen LogP contribution in [0.2, 0.25) is 0 Å². The number of aromatic nitrogens is 2. The van der Waals surface area contributed by atoms with Crippen LogP contribution in [0, 0.1) is 5.82 Å². The number of nitrogens with zero attached hydrogens (tertiary/aromatic N) is 2. The summed E-state index contributed by atoms with van der Waals surface area (Å²) < 4.78 is 13.9. The Morgan fingerprint density at radius 3 is 2.91 bits per heavy atom. The van der Waals surface area contributed by atoms with Crippen LogP contribution in [-0.2, 0) is 6.42 Å². The normalized spacial score (nSPS) is 17.0. The number of halogens is 1. The highest BCUT2D eigenvalue weighted by Crippen LogP contribution is 2.37. The summed E-state index contributed by atoms with van der Waals surface area (Å²) in [4.78, 5) is 8.31. The first kappa shape index (κ1) is 13.9. The molecule has 116 valence electrons. The Balaban J connectivity index is 1.76. The molecule has 0 bridgehead atoms. The van der Waals surface area contributed by atoms with Gasteiger partial charge in [-0.2, -0.15) is 0 Å². The number of nitrogens with one attached hydrogen (secondary N) is 1. The van der Waals surface area contributed by atoms with Crippen molar-refractivity contribution in [3.8, 4) is 5.75 Å². The van der Waals surface area contributed by atoms with E-state index in [9.17, 15) is 9.50 Å². The van der Waals surface area contributed by atoms with Gasteiger partial charge in [0.15, 0.2) is 0 Å². The Hall–Kier alpha value is -2.69. The minimum Gasteiger partial charge on any atom is -0.508 e. The van der Waals surface area contributed by atoms with Gasteiger partial charge in [0, 0.05) is 5.39 Å². The number of hydrogen-bond acceptors (Lipinski definition) is 4. The highest BCUT2D eigenvalue weighted by molar-refractivity contribution is 5.89. The molecule has 0 spiro atoms. The third kappa shape index (κ3) is 2.38. The minimum absolute atomic E-state index is 0.0483. The summed E-state index contributed by atoms with van der Waals surface area (Å²) in [6.45, 7) is 0. The number of para-hydroxylation sites is 1. The average molecular weight is 309 g/mol. The van der Waals surface area contributed by atoms with Crippen LogP contribution in [0.25, 0.3) is 10.9 Å². The van der Waals surface area contributed by atoms with E-state index in [0.29, 0.717) is 22.5 Å². The molecular weight excluding hydrogens is 293 g/mol. The van der Waals surface area contributed by atoms with Gasteiger partial charge in [-0.25, -0.2) is 14.4 Å². The molecule has 0 aliphatic heterocycles. The van der Waals surface area contributed by atoms with Crippen molar-refractivity contribution in [1.29, 1.82) is 0 Å². The van der Waals surface area contributed by atoms with Gasteiger partial charge in [0.1, 0.15) is 29.2 Å². The number of fused-ring (bicyclic) bond motifs is 2. The number of rotatable bonds is 2. The van der Waals surface area contributed by atoms with Gasteiger partial charge >= 0.3 is 0 Å². The van der Waals surface area contributed by atoms with Crippen molar-refractivity contribution in [2.45, 2.75) is 25.3 Å². The van der Waals surface area contributed by atoms with Gasteiger partial charge in [-0.05, 0) is 48.6 Å². The third-order valence-electron chi connectivity index (χ3n) is 4.41. The monoisotopic (exact) mass is 309 g/mol. The average Bonchev–Trinajstić information content (AvgIpc) is 2.57. The van der Waals surface area contributed by atoms with Crippen LogP contribution in [0.3, 0.4) is 0 Å². The minimum atomic E-state index is -0.352. The number of hydrogen-bond donors (Lipinski definition) is 2. The van der Waals surface area contributed by atoms with Crippen LogP contribution in [0.4, 0.5) is 10.2 Å². The largest absolute Gasteiger partial charge is 0.508 e. The Kier molecular flexibility index (Phi) is 3.33. The van der Waals surface area contributed by atoms with E-state index in [1.807, 2.05) is 18.2 Å². The Labute approximate surface area is 133 Å². The SMILES string of the molecule is Oc1cccc2c1CCCC2Nc1ncnc2c(F)cccc12. The molecular formula is C18H16FN3O. The van der Waals surface area contributed by atoms with Gasteiger partial charge in [-0.1, -0.05) is 18.2 Å². The maximum absolute atomic E-state index is 13.9. The first-order chi connectivity index (χ1) is 11.2. The second-order valence-electron chi connectivity index (χ2n) is 5.79. The molecule has 23 heavy (non-hydrogen) atoms. The molecule has 1 aromatic heterocycles. The van der Waals surface area contributed by atoms with Crippen molar-refractivity contribution in [2.24, 2.45) is 0 Å². The molecule has 2 aromatic carbocycles. The molecule has 3 aromatic rings. The highest BCUT2D eigenvalue weighted by Gasteiger charge is 2.23. The number of benzene rings is 2. The van der Waals surface area contributed by atoms with E-state index in [0.717, 1.165) is 30.4 Å². The van der Waals surface area contributed by atoms with Gasteiger partial charge < -0.3 is 10.4 Å². The summed E-state index contributed by atoms with van der Waals surface area (Å²) in [5, 5.41) is 14.1. The first-order valence-corrected chi connectivity index (χ1v) is 7.70. The molecule has 4 nitrogen and oxygen atoms in total. The Bertz CT molecular complexity index is 881. The molecule has 1 aliphatic rings. The van der Waals surface area contributed by atoms with Crippen molar-refractivity contribution in [3.05, 3.63) is 59.7 Å². The number of phenolic OH excluding ortho intramolecular Hbond substituents is 1. The van der Waals surface area contributed by atoms with E-state index in [4.69, 9.17) is 0 Å². The third-order valence-corrected chi connectivity index (χ3v) is 4.41. The zero-order valence-corrected chi connectivity index (χ0v) is 12.5. The van der Waals surface area contributed by atoms with E-state index < -0.39 is 0 Å². The lowest BCUT2D eigenvalue weighted by Gasteiger charge is -2.27. The van der Waals surface area contributed by atoms with Crippen molar-refractivity contribution in [3.63, 3.8) is 0 Å². The van der Waals surface area contributed by atoms with Crippen LogP contribution < -0.4 is 5.32 Å². The standard InChI is InChI=1S/C18H16FN3O/c19-14-7-1-6-13-17(14)20-10-21-18(13)22-15-8-2-5-12-11(15)4-3-9-16(12)23/h1,3-4,6-7,9-10,15,23H,2,5,8H2,(H,20,21,22). The van der Waals surface area contributed by atoms with Gasteiger partial charge in [-0.3, -0.25) is 0 Å². The van der Waals surface area contributed by atoms with Gasteiger partial charge in [0.2, 0.25) is 0 Å². The van der Waals surface area contributed by atoms with Gasteiger partial charge in [0.25, 0.3) is 0 Å². The zero-order chi connectivity index (χ0) is 15.8. The lowest BCUT2D eigenvalue weighted by molar-refractivity contribution is 0.457. The maximum atomic E-state index is 13.9. The lowest BCUT2D eigenvalue weighted by atomic mass is 9.87. The molecule has 0 radical (unpaired) electrons. The van der Waals surface area contributed by atoms with Crippen molar-refractivity contribution in [1.82, 2.24) is 9.97 Å². The second-order valence-corrected chi connectivity index (χ2v) is 5.79. The maximum Gasteiger partial charge on any atom is 0.149 e. The molecule has 0 fully saturated rings. The smallest absolute Gasteiger partial charge is 0.149 e. The van der Waals surface area contributed by atoms with Crippen LogP contribution in [0.15, 0.2) is 42.7 Å². The lowest BCUT2D eigenvalue weighted by Crippen LogP contribution is -2.18. The molecule has 0 saturated carbocycles. The molecule has 0 amide bonds. The summed E-state index contributed by atoms with van der Waals surface area (Å²) in [6.07, 6.45) is 4.18. The quantitative estimate of drug-likeness (QED) is 0.752. The topological polar surface area (TPSA) is 58.0 Å². The molecule has 1 unspecified atom stereocenters. The van der Waals surface area contributed by atoms with Crippen LogP contribution in [0.5, 0.6) is 5.75 Å². The van der Waals surface area contributed by atoms with Crippen molar-refractivity contribution in [2.75, 3.05) is 5.32 Å². The summed E-state index contributed by atoms with van der Waals surface area (Å²) in [6, 6.07) is 10.5. The Morgan fingerprint density at radius 1 is 1.13 bits per heavy atom. The summed E-state index contributed by atoms with van der Waals surface area (Å²) in [5.74, 6) is 0.609. The van der Waals surface area contributed by atoms with Crippen molar-refractivity contribution < 1.29 is 9.50 Å². The number of aromatic hydroxyl groups is 1. The zero-order valence-electron chi connectivity index (χ0n) is 12.5. The summed E-state index contributed by atoms with van der Waals surface area (Å²) >= 11 is 0. The van der Waals surface area contributed by atoms with Crippen LogP contribution in [-0.4, -0.2) is 15.1 Å². The molecule has 1 atom stereocenters.